The molecule has 3 rings (SSSR count). The van der Waals surface area contributed by atoms with Crippen LogP contribution < -0.4 is 10.7 Å². The number of nitrogens with zero attached hydrogens (tertiary/aromatic N) is 1. The molecule has 1 unspecified atom stereocenters. The van der Waals surface area contributed by atoms with Gasteiger partial charge in [0.15, 0.2) is 0 Å². The molecule has 0 spiro atoms. The summed E-state index contributed by atoms with van der Waals surface area (Å²) in [6, 6.07) is 9.19. The van der Waals surface area contributed by atoms with Crippen molar-refractivity contribution in [1.29, 1.82) is 0 Å². The third-order valence-electron chi connectivity index (χ3n) is 5.32. The zero-order valence-electron chi connectivity index (χ0n) is 16.9. The number of rotatable bonds is 4. The highest BCUT2D eigenvalue weighted by Crippen LogP contribution is 2.22. The Morgan fingerprint density at radius 3 is 2.46 bits per heavy atom. The van der Waals surface area contributed by atoms with E-state index >= 15 is 0 Å². The third kappa shape index (κ3) is 3.69. The average Bonchev–Trinajstić information content (AvgIpc) is 2.65. The smallest absolute Gasteiger partial charge is 0.257 e. The second kappa shape index (κ2) is 7.80. The Morgan fingerprint density at radius 2 is 1.79 bits per heavy atom. The zero-order valence-corrected chi connectivity index (χ0v) is 17.6. The fourth-order valence-electron chi connectivity index (χ4n) is 3.59. The molecule has 0 saturated heterocycles. The van der Waals surface area contributed by atoms with Crippen molar-refractivity contribution >= 4 is 28.4 Å². The van der Waals surface area contributed by atoms with Gasteiger partial charge in [-0.05, 0) is 75.1 Å². The lowest BCUT2D eigenvalue weighted by atomic mass is 9.96. The largest absolute Gasteiger partial charge is 0.347 e. The predicted molar refractivity (Wildman–Crippen MR) is 115 cm³/mol. The highest BCUT2D eigenvalue weighted by atomic mass is 35.5. The van der Waals surface area contributed by atoms with Crippen molar-refractivity contribution in [3.63, 3.8) is 0 Å². The summed E-state index contributed by atoms with van der Waals surface area (Å²) < 4.78 is 1.90. The Balaban J connectivity index is 2.01. The van der Waals surface area contributed by atoms with E-state index in [1.54, 1.807) is 18.3 Å². The minimum Gasteiger partial charge on any atom is -0.347 e. The van der Waals surface area contributed by atoms with Crippen LogP contribution >= 0.6 is 11.6 Å². The van der Waals surface area contributed by atoms with Gasteiger partial charge in [-0.15, -0.1) is 0 Å². The molecule has 2 aromatic carbocycles. The number of halogens is 1. The van der Waals surface area contributed by atoms with Crippen LogP contribution in [0.4, 0.5) is 0 Å². The molecule has 1 N–H and O–H groups in total. The second-order valence-corrected chi connectivity index (χ2v) is 7.74. The molecule has 0 saturated carbocycles. The van der Waals surface area contributed by atoms with Gasteiger partial charge < -0.3 is 9.88 Å². The van der Waals surface area contributed by atoms with Crippen molar-refractivity contribution in [3.05, 3.63) is 79.6 Å². The van der Waals surface area contributed by atoms with Crippen LogP contribution in [-0.2, 0) is 6.54 Å². The lowest BCUT2D eigenvalue weighted by Crippen LogP contribution is -2.32. The molecule has 0 radical (unpaired) electrons. The Morgan fingerprint density at radius 1 is 1.11 bits per heavy atom. The van der Waals surface area contributed by atoms with E-state index in [0.717, 1.165) is 16.6 Å². The molecular formula is C23H25ClN2O2. The monoisotopic (exact) mass is 396 g/mol. The first-order chi connectivity index (χ1) is 13.2. The van der Waals surface area contributed by atoms with Gasteiger partial charge in [0.05, 0.1) is 11.6 Å². The van der Waals surface area contributed by atoms with E-state index in [1.165, 1.54) is 11.1 Å². The summed E-state index contributed by atoms with van der Waals surface area (Å²) >= 11 is 6.08. The van der Waals surface area contributed by atoms with Gasteiger partial charge in [0.1, 0.15) is 5.56 Å². The number of carbonyl (C=O) groups is 1. The fourth-order valence-corrected chi connectivity index (χ4v) is 3.77. The topological polar surface area (TPSA) is 51.1 Å². The van der Waals surface area contributed by atoms with Crippen LogP contribution in [0.15, 0.2) is 41.3 Å². The molecule has 4 nitrogen and oxygen atoms in total. The number of pyridine rings is 1. The number of aryl methyl sites for hydroxylation is 4. The van der Waals surface area contributed by atoms with Gasteiger partial charge in [-0.3, -0.25) is 9.59 Å². The molecule has 0 fully saturated rings. The number of fused-ring (bicyclic) bond motifs is 1. The second-order valence-electron chi connectivity index (χ2n) is 7.31. The number of carbonyl (C=O) groups excluding carboxylic acids is 1. The summed E-state index contributed by atoms with van der Waals surface area (Å²) in [5.74, 6) is -0.376. The van der Waals surface area contributed by atoms with Crippen LogP contribution in [0.25, 0.3) is 10.9 Å². The zero-order chi connectivity index (χ0) is 20.6. The number of nitrogens with one attached hydrogen (secondary N) is 1. The molecule has 1 heterocycles. The van der Waals surface area contributed by atoms with Gasteiger partial charge in [-0.2, -0.15) is 0 Å². The van der Waals surface area contributed by atoms with E-state index in [-0.39, 0.29) is 22.9 Å². The van der Waals surface area contributed by atoms with E-state index in [2.05, 4.69) is 31.3 Å². The molecule has 0 bridgehead atoms. The maximum absolute atomic E-state index is 13.0. The Hall–Kier alpha value is -2.59. The standard InChI is InChI=1S/C23H25ClN2O2/c1-6-26-12-20(22(27)19-11-17(24)7-8-21(19)26)23(28)25-16(5)18-10-14(3)13(2)9-15(18)4/h7-12,16H,6H2,1-5H3,(H,25,28). The predicted octanol–water partition coefficient (Wildman–Crippen LogP) is 5.09. The van der Waals surface area contributed by atoms with Crippen molar-refractivity contribution in [2.45, 2.75) is 47.2 Å². The van der Waals surface area contributed by atoms with Crippen molar-refractivity contribution in [1.82, 2.24) is 9.88 Å². The number of benzene rings is 2. The van der Waals surface area contributed by atoms with Crippen LogP contribution in [0.5, 0.6) is 0 Å². The maximum Gasteiger partial charge on any atom is 0.257 e. The summed E-state index contributed by atoms with van der Waals surface area (Å²) in [5.41, 5.74) is 5.16. The average molecular weight is 397 g/mol. The van der Waals surface area contributed by atoms with E-state index < -0.39 is 0 Å². The quantitative estimate of drug-likeness (QED) is 0.667. The molecule has 5 heteroatoms. The SMILES string of the molecule is CCn1cc(C(=O)NC(C)c2cc(C)c(C)cc2C)c(=O)c2cc(Cl)ccc21. The van der Waals surface area contributed by atoms with Crippen molar-refractivity contribution in [2.75, 3.05) is 0 Å². The van der Waals surface area contributed by atoms with E-state index in [9.17, 15) is 9.59 Å². The summed E-state index contributed by atoms with van der Waals surface area (Å²) in [6.07, 6.45) is 1.63. The van der Waals surface area contributed by atoms with Gasteiger partial charge in [0.25, 0.3) is 5.91 Å². The number of aromatic nitrogens is 1. The molecule has 28 heavy (non-hydrogen) atoms. The molecule has 3 aromatic rings. The highest BCUT2D eigenvalue weighted by Gasteiger charge is 2.19. The molecule has 146 valence electrons. The normalized spacial score (nSPS) is 12.2. The van der Waals surface area contributed by atoms with Gasteiger partial charge in [-0.1, -0.05) is 23.7 Å². The lowest BCUT2D eigenvalue weighted by Gasteiger charge is -2.19. The number of amides is 1. The fraction of sp³-hybridized carbons (Fsp3) is 0.304. The molecule has 1 atom stereocenters. The van der Waals surface area contributed by atoms with E-state index in [0.29, 0.717) is 17.0 Å². The molecular weight excluding hydrogens is 372 g/mol. The van der Waals surface area contributed by atoms with Crippen LogP contribution in [0.1, 0.15) is 52.5 Å². The van der Waals surface area contributed by atoms with Crippen LogP contribution in [-0.4, -0.2) is 10.5 Å². The summed E-state index contributed by atoms with van der Waals surface area (Å²) in [5, 5.41) is 3.92. The third-order valence-corrected chi connectivity index (χ3v) is 5.56. The summed E-state index contributed by atoms with van der Waals surface area (Å²) in [7, 11) is 0. The van der Waals surface area contributed by atoms with Gasteiger partial charge in [0.2, 0.25) is 5.43 Å². The minimum atomic E-state index is -0.376. The first-order valence-corrected chi connectivity index (χ1v) is 9.82. The summed E-state index contributed by atoms with van der Waals surface area (Å²) in [4.78, 5) is 25.9. The minimum absolute atomic E-state index is 0.130. The van der Waals surface area contributed by atoms with Crippen molar-refractivity contribution < 1.29 is 4.79 Å². The molecule has 0 aliphatic rings. The first-order valence-electron chi connectivity index (χ1n) is 9.44. The van der Waals surface area contributed by atoms with Crippen LogP contribution in [0, 0.1) is 20.8 Å². The van der Waals surface area contributed by atoms with Crippen LogP contribution in [0.2, 0.25) is 5.02 Å². The van der Waals surface area contributed by atoms with E-state index in [4.69, 9.17) is 11.6 Å². The molecule has 1 amide bonds. The summed E-state index contributed by atoms with van der Waals surface area (Å²) in [6.45, 7) is 10.7. The van der Waals surface area contributed by atoms with Crippen molar-refractivity contribution in [3.8, 4) is 0 Å². The van der Waals surface area contributed by atoms with Gasteiger partial charge in [0, 0.05) is 23.2 Å². The Labute approximate surface area is 170 Å². The molecule has 0 aliphatic heterocycles. The highest BCUT2D eigenvalue weighted by molar-refractivity contribution is 6.31. The molecule has 0 aliphatic carbocycles. The molecule has 1 aromatic heterocycles. The van der Waals surface area contributed by atoms with Gasteiger partial charge in [-0.25, -0.2) is 0 Å². The lowest BCUT2D eigenvalue weighted by molar-refractivity contribution is 0.0938. The Bertz CT molecular complexity index is 1130. The van der Waals surface area contributed by atoms with Crippen molar-refractivity contribution in [2.24, 2.45) is 0 Å². The Kier molecular flexibility index (Phi) is 5.61. The number of hydrogen-bond donors (Lipinski definition) is 1. The van der Waals surface area contributed by atoms with Crippen LogP contribution in [0.3, 0.4) is 0 Å². The van der Waals surface area contributed by atoms with Gasteiger partial charge >= 0.3 is 0 Å². The maximum atomic E-state index is 13.0. The first kappa shape index (κ1) is 20.2. The number of hydrogen-bond acceptors (Lipinski definition) is 2. The van der Waals surface area contributed by atoms with E-state index in [1.807, 2.05) is 31.4 Å².